The van der Waals surface area contributed by atoms with Gasteiger partial charge in [0.05, 0.1) is 17.3 Å². The largest absolute Gasteiger partial charge is 0.324 e. The average Bonchev–Trinajstić information content (AvgIpc) is 3.01. The molecule has 4 rings (SSSR count). The Hall–Kier alpha value is -2.79. The van der Waals surface area contributed by atoms with Crippen LogP contribution in [0.4, 0.5) is 0 Å². The first-order valence-corrected chi connectivity index (χ1v) is 7.33. The molecule has 5 heteroatoms. The van der Waals surface area contributed by atoms with Crippen LogP contribution < -0.4 is 0 Å². The highest BCUT2D eigenvalue weighted by molar-refractivity contribution is 7.71. The van der Waals surface area contributed by atoms with Crippen LogP contribution in [-0.2, 0) is 0 Å². The van der Waals surface area contributed by atoms with Crippen LogP contribution in [0.15, 0.2) is 66.9 Å². The van der Waals surface area contributed by atoms with Gasteiger partial charge >= 0.3 is 0 Å². The van der Waals surface area contributed by atoms with E-state index in [2.05, 4.69) is 15.1 Å². The zero-order valence-electron chi connectivity index (χ0n) is 11.6. The molecule has 106 valence electrons. The third-order valence-electron chi connectivity index (χ3n) is 3.50. The summed E-state index contributed by atoms with van der Waals surface area (Å²) in [7, 11) is 0. The molecule has 0 spiro atoms. The summed E-state index contributed by atoms with van der Waals surface area (Å²) in [5, 5.41) is 5.29. The van der Waals surface area contributed by atoms with Crippen molar-refractivity contribution in [2.45, 2.75) is 0 Å². The van der Waals surface area contributed by atoms with Crippen LogP contribution in [0.5, 0.6) is 0 Å². The zero-order chi connectivity index (χ0) is 14.9. The maximum Gasteiger partial charge on any atom is 0.145 e. The third kappa shape index (κ3) is 2.12. The van der Waals surface area contributed by atoms with Crippen molar-refractivity contribution in [2.75, 3.05) is 0 Å². The fourth-order valence-electron chi connectivity index (χ4n) is 2.42. The van der Waals surface area contributed by atoms with E-state index < -0.39 is 0 Å². The van der Waals surface area contributed by atoms with Crippen molar-refractivity contribution in [1.82, 2.24) is 19.7 Å². The number of nitrogens with zero attached hydrogens (tertiary/aromatic N) is 3. The quantitative estimate of drug-likeness (QED) is 0.566. The van der Waals surface area contributed by atoms with E-state index >= 15 is 0 Å². The summed E-state index contributed by atoms with van der Waals surface area (Å²) in [6, 6.07) is 19.9. The molecule has 22 heavy (non-hydrogen) atoms. The average molecular weight is 304 g/mol. The summed E-state index contributed by atoms with van der Waals surface area (Å²) in [6.45, 7) is 0. The maximum absolute atomic E-state index is 5.42. The van der Waals surface area contributed by atoms with Crippen molar-refractivity contribution in [1.29, 1.82) is 0 Å². The molecule has 2 aromatic carbocycles. The molecular weight excluding hydrogens is 292 g/mol. The molecule has 0 aliphatic carbocycles. The van der Waals surface area contributed by atoms with Crippen LogP contribution in [0.3, 0.4) is 0 Å². The van der Waals surface area contributed by atoms with Gasteiger partial charge in [0.15, 0.2) is 0 Å². The lowest BCUT2D eigenvalue weighted by Crippen LogP contribution is -1.99. The Labute approximate surface area is 132 Å². The molecule has 0 saturated heterocycles. The zero-order valence-corrected chi connectivity index (χ0v) is 12.4. The van der Waals surface area contributed by atoms with Gasteiger partial charge in [-0.25, -0.2) is 9.67 Å². The molecule has 0 bridgehead atoms. The normalized spacial score (nSPS) is 10.9. The summed E-state index contributed by atoms with van der Waals surface area (Å²) in [4.78, 5) is 7.84. The number of para-hydroxylation sites is 1. The molecule has 0 radical (unpaired) electrons. The number of aromatic nitrogens is 4. The van der Waals surface area contributed by atoms with Crippen molar-refractivity contribution in [3.63, 3.8) is 0 Å². The molecule has 0 unspecified atom stereocenters. The number of hydrogen-bond acceptors (Lipinski definition) is 3. The molecular formula is C17H12N4S. The first kappa shape index (κ1) is 12.9. The highest BCUT2D eigenvalue weighted by atomic mass is 32.1. The molecule has 2 heterocycles. The number of rotatable bonds is 2. The van der Waals surface area contributed by atoms with Gasteiger partial charge in [-0.2, -0.15) is 5.10 Å². The van der Waals surface area contributed by atoms with Gasteiger partial charge in [0, 0.05) is 5.56 Å². The van der Waals surface area contributed by atoms with Crippen LogP contribution in [0.25, 0.3) is 28.1 Å². The van der Waals surface area contributed by atoms with Crippen LogP contribution >= 0.6 is 12.2 Å². The number of benzene rings is 2. The molecule has 0 aliphatic heterocycles. The summed E-state index contributed by atoms with van der Waals surface area (Å²) < 4.78 is 2.40. The SMILES string of the molecule is S=c1nc(-c2ccccc2)[nH]c2c1cnn2-c1ccccc1. The summed E-state index contributed by atoms with van der Waals surface area (Å²) in [6.07, 6.45) is 1.75. The van der Waals surface area contributed by atoms with E-state index in [1.54, 1.807) is 6.20 Å². The second-order valence-corrected chi connectivity index (χ2v) is 5.30. The van der Waals surface area contributed by atoms with Gasteiger partial charge in [-0.15, -0.1) is 0 Å². The molecule has 1 N–H and O–H groups in total. The lowest BCUT2D eigenvalue weighted by Gasteiger charge is -2.05. The minimum atomic E-state index is 0.551. The summed E-state index contributed by atoms with van der Waals surface area (Å²) in [5.74, 6) is 0.746. The van der Waals surface area contributed by atoms with Gasteiger partial charge in [0.25, 0.3) is 0 Å². The van der Waals surface area contributed by atoms with Crippen LogP contribution in [0, 0.1) is 4.64 Å². The molecule has 0 aliphatic rings. The first-order valence-electron chi connectivity index (χ1n) is 6.92. The van der Waals surface area contributed by atoms with E-state index in [1.807, 2.05) is 65.3 Å². The maximum atomic E-state index is 5.42. The van der Waals surface area contributed by atoms with Crippen molar-refractivity contribution in [3.05, 3.63) is 71.5 Å². The second-order valence-electron chi connectivity index (χ2n) is 4.91. The van der Waals surface area contributed by atoms with Gasteiger partial charge in [-0.05, 0) is 12.1 Å². The highest BCUT2D eigenvalue weighted by Crippen LogP contribution is 2.21. The molecule has 4 nitrogen and oxygen atoms in total. The highest BCUT2D eigenvalue weighted by Gasteiger charge is 2.10. The molecule has 4 aromatic rings. The van der Waals surface area contributed by atoms with E-state index in [0.717, 1.165) is 28.1 Å². The van der Waals surface area contributed by atoms with Gasteiger partial charge in [-0.3, -0.25) is 0 Å². The number of H-pyrrole nitrogens is 1. The van der Waals surface area contributed by atoms with Crippen molar-refractivity contribution < 1.29 is 0 Å². The van der Waals surface area contributed by atoms with Gasteiger partial charge < -0.3 is 4.98 Å². The first-order chi connectivity index (χ1) is 10.8. The predicted octanol–water partition coefficient (Wildman–Crippen LogP) is 4.15. The molecule has 0 saturated carbocycles. The van der Waals surface area contributed by atoms with E-state index in [-0.39, 0.29) is 0 Å². The van der Waals surface area contributed by atoms with E-state index in [1.165, 1.54) is 0 Å². The number of nitrogens with one attached hydrogen (secondary N) is 1. The lowest BCUT2D eigenvalue weighted by atomic mass is 10.2. The number of fused-ring (bicyclic) bond motifs is 1. The Morgan fingerprint density at radius 3 is 2.32 bits per heavy atom. The second kappa shape index (κ2) is 5.20. The minimum Gasteiger partial charge on any atom is -0.324 e. The minimum absolute atomic E-state index is 0.551. The Kier molecular flexibility index (Phi) is 3.05. The fraction of sp³-hybridized carbons (Fsp3) is 0. The smallest absolute Gasteiger partial charge is 0.145 e. The third-order valence-corrected chi connectivity index (χ3v) is 3.81. The Morgan fingerprint density at radius 1 is 0.909 bits per heavy atom. The lowest BCUT2D eigenvalue weighted by molar-refractivity contribution is 0.896. The van der Waals surface area contributed by atoms with Crippen molar-refractivity contribution in [2.24, 2.45) is 0 Å². The number of aromatic amines is 1. The molecule has 2 aromatic heterocycles. The summed E-state index contributed by atoms with van der Waals surface area (Å²) in [5.41, 5.74) is 2.83. The monoisotopic (exact) mass is 304 g/mol. The van der Waals surface area contributed by atoms with E-state index in [9.17, 15) is 0 Å². The van der Waals surface area contributed by atoms with Gasteiger partial charge in [-0.1, -0.05) is 60.7 Å². The molecule has 0 amide bonds. The predicted molar refractivity (Wildman–Crippen MR) is 89.5 cm³/mol. The van der Waals surface area contributed by atoms with Gasteiger partial charge in [0.1, 0.15) is 16.1 Å². The van der Waals surface area contributed by atoms with Crippen molar-refractivity contribution in [3.8, 4) is 17.1 Å². The topological polar surface area (TPSA) is 46.5 Å². The Bertz CT molecular complexity index is 988. The Balaban J connectivity index is 1.99. The van der Waals surface area contributed by atoms with Gasteiger partial charge in [0.2, 0.25) is 0 Å². The van der Waals surface area contributed by atoms with Crippen LogP contribution in [-0.4, -0.2) is 19.7 Å². The summed E-state index contributed by atoms with van der Waals surface area (Å²) >= 11 is 5.42. The van der Waals surface area contributed by atoms with Crippen molar-refractivity contribution >= 4 is 23.3 Å². The molecule has 0 fully saturated rings. The Morgan fingerprint density at radius 2 is 1.59 bits per heavy atom. The fourth-order valence-corrected chi connectivity index (χ4v) is 2.67. The standard InChI is InChI=1S/C17H12N4S/c22-17-14-11-18-21(13-9-5-2-6-10-13)16(14)19-15(20-17)12-7-3-1-4-8-12/h1-11H,(H,19,20,22). The number of hydrogen-bond donors (Lipinski definition) is 1. The van der Waals surface area contributed by atoms with Crippen LogP contribution in [0.1, 0.15) is 0 Å². The van der Waals surface area contributed by atoms with E-state index in [0.29, 0.717) is 4.64 Å². The van der Waals surface area contributed by atoms with Crippen LogP contribution in [0.2, 0.25) is 0 Å². The molecule has 0 atom stereocenters. The van der Waals surface area contributed by atoms with E-state index in [4.69, 9.17) is 12.2 Å².